The summed E-state index contributed by atoms with van der Waals surface area (Å²) in [7, 11) is 1.46. The Hall–Kier alpha value is -2.58. The number of amides is 1. The van der Waals surface area contributed by atoms with Gasteiger partial charge in [0, 0.05) is 36.1 Å². The van der Waals surface area contributed by atoms with E-state index in [1.165, 1.54) is 30.7 Å². The Bertz CT molecular complexity index is 1130. The molecule has 4 rings (SSSR count). The Labute approximate surface area is 180 Å². The molecule has 3 heterocycles. The SMILES string of the molecule is C=CC(=O)N1Cc2sc(Cl)cc2C(c2ccccc2-c2cn(C)nc2C(F)(F)F)C1. The summed E-state index contributed by atoms with van der Waals surface area (Å²) in [4.78, 5) is 14.9. The van der Waals surface area contributed by atoms with Crippen molar-refractivity contribution in [2.75, 3.05) is 6.54 Å². The Balaban J connectivity index is 1.89. The molecule has 0 saturated carbocycles. The molecule has 9 heteroatoms. The lowest BCUT2D eigenvalue weighted by Crippen LogP contribution is -2.37. The second kappa shape index (κ2) is 7.59. The number of alkyl halides is 3. The van der Waals surface area contributed by atoms with Crippen molar-refractivity contribution in [1.29, 1.82) is 0 Å². The molecule has 0 spiro atoms. The van der Waals surface area contributed by atoms with E-state index in [9.17, 15) is 18.0 Å². The predicted molar refractivity (Wildman–Crippen MR) is 110 cm³/mol. The second-order valence-electron chi connectivity index (χ2n) is 7.05. The number of halogens is 4. The fourth-order valence-electron chi connectivity index (χ4n) is 3.89. The van der Waals surface area contributed by atoms with Gasteiger partial charge in [-0.3, -0.25) is 9.48 Å². The van der Waals surface area contributed by atoms with Crippen molar-refractivity contribution in [3.63, 3.8) is 0 Å². The number of aryl methyl sites for hydroxylation is 1. The number of carbonyl (C=O) groups excluding carboxylic acids is 1. The van der Waals surface area contributed by atoms with Gasteiger partial charge in [-0.1, -0.05) is 42.4 Å². The van der Waals surface area contributed by atoms with E-state index in [4.69, 9.17) is 11.6 Å². The van der Waals surface area contributed by atoms with E-state index < -0.39 is 11.9 Å². The van der Waals surface area contributed by atoms with Crippen LogP contribution in [-0.4, -0.2) is 27.1 Å². The molecule has 0 radical (unpaired) electrons. The van der Waals surface area contributed by atoms with E-state index in [1.807, 2.05) is 6.07 Å². The van der Waals surface area contributed by atoms with E-state index in [1.54, 1.807) is 29.2 Å². The maximum Gasteiger partial charge on any atom is 0.435 e. The molecular formula is C21H17ClF3N3OS. The van der Waals surface area contributed by atoms with Gasteiger partial charge < -0.3 is 4.90 Å². The molecule has 0 bridgehead atoms. The van der Waals surface area contributed by atoms with Crippen LogP contribution in [0, 0.1) is 0 Å². The number of benzene rings is 1. The number of hydrogen-bond acceptors (Lipinski definition) is 3. The Morgan fingerprint density at radius 2 is 2.03 bits per heavy atom. The van der Waals surface area contributed by atoms with Crippen molar-refractivity contribution in [3.05, 3.63) is 75.2 Å². The molecule has 1 aliphatic heterocycles. The van der Waals surface area contributed by atoms with Gasteiger partial charge in [-0.15, -0.1) is 11.3 Å². The van der Waals surface area contributed by atoms with Gasteiger partial charge in [0.1, 0.15) is 0 Å². The van der Waals surface area contributed by atoms with E-state index in [0.717, 1.165) is 15.1 Å². The number of fused-ring (bicyclic) bond motifs is 1. The number of rotatable bonds is 3. The van der Waals surface area contributed by atoms with Crippen LogP contribution in [-0.2, 0) is 24.6 Å². The molecule has 156 valence electrons. The summed E-state index contributed by atoms with van der Waals surface area (Å²) in [5, 5.41) is 3.64. The third kappa shape index (κ3) is 3.65. The normalized spacial score (nSPS) is 16.4. The Morgan fingerprint density at radius 1 is 1.30 bits per heavy atom. The van der Waals surface area contributed by atoms with Gasteiger partial charge in [0.15, 0.2) is 5.69 Å². The monoisotopic (exact) mass is 451 g/mol. The zero-order valence-electron chi connectivity index (χ0n) is 15.9. The van der Waals surface area contributed by atoms with E-state index in [-0.39, 0.29) is 17.4 Å². The van der Waals surface area contributed by atoms with Crippen LogP contribution in [0.5, 0.6) is 0 Å². The van der Waals surface area contributed by atoms with Crippen LogP contribution in [0.1, 0.15) is 27.6 Å². The molecule has 0 aliphatic carbocycles. The van der Waals surface area contributed by atoms with Crippen molar-refractivity contribution < 1.29 is 18.0 Å². The maximum atomic E-state index is 13.6. The minimum Gasteiger partial charge on any atom is -0.333 e. The fraction of sp³-hybridized carbons (Fsp3) is 0.238. The molecular weight excluding hydrogens is 435 g/mol. The van der Waals surface area contributed by atoms with Crippen LogP contribution in [0.25, 0.3) is 11.1 Å². The first-order valence-corrected chi connectivity index (χ1v) is 10.3. The molecule has 3 aromatic rings. The molecule has 30 heavy (non-hydrogen) atoms. The zero-order chi connectivity index (χ0) is 21.6. The zero-order valence-corrected chi connectivity index (χ0v) is 17.5. The summed E-state index contributed by atoms with van der Waals surface area (Å²) in [5.41, 5.74) is 1.13. The topological polar surface area (TPSA) is 38.1 Å². The summed E-state index contributed by atoms with van der Waals surface area (Å²) < 4.78 is 42.6. The highest BCUT2D eigenvalue weighted by atomic mass is 35.5. The van der Waals surface area contributed by atoms with Gasteiger partial charge in [0.05, 0.1) is 10.9 Å². The molecule has 0 fully saturated rings. The van der Waals surface area contributed by atoms with Crippen molar-refractivity contribution in [2.24, 2.45) is 7.05 Å². The molecule has 2 aromatic heterocycles. The van der Waals surface area contributed by atoms with Gasteiger partial charge in [0.2, 0.25) is 5.91 Å². The summed E-state index contributed by atoms with van der Waals surface area (Å²) >= 11 is 7.62. The first kappa shape index (κ1) is 20.7. The largest absolute Gasteiger partial charge is 0.435 e. The summed E-state index contributed by atoms with van der Waals surface area (Å²) in [6, 6.07) is 8.77. The number of nitrogens with zero attached hydrogens (tertiary/aromatic N) is 3. The average molecular weight is 452 g/mol. The Kier molecular flexibility index (Phi) is 5.23. The highest BCUT2D eigenvalue weighted by Crippen LogP contribution is 2.44. The minimum absolute atomic E-state index is 0.00986. The van der Waals surface area contributed by atoms with Crippen LogP contribution < -0.4 is 0 Å². The molecule has 1 atom stereocenters. The summed E-state index contributed by atoms with van der Waals surface area (Å²) in [6.45, 7) is 4.27. The molecule has 1 amide bonds. The second-order valence-corrected chi connectivity index (χ2v) is 8.82. The maximum absolute atomic E-state index is 13.6. The quantitative estimate of drug-likeness (QED) is 0.494. The predicted octanol–water partition coefficient (Wildman–Crippen LogP) is 5.48. The highest BCUT2D eigenvalue weighted by Gasteiger charge is 2.39. The number of aromatic nitrogens is 2. The lowest BCUT2D eigenvalue weighted by atomic mass is 9.84. The number of thiophene rings is 1. The standard InChI is InChI=1S/C21H17ClF3N3OS/c1-3-19(29)28-10-15(14-8-18(22)30-17(14)11-28)12-6-4-5-7-13(12)16-9-27(2)26-20(16)21(23,24)25/h3-9,15H,1,10-11H2,2H3. The number of hydrogen-bond donors (Lipinski definition) is 0. The third-order valence-electron chi connectivity index (χ3n) is 5.13. The summed E-state index contributed by atoms with van der Waals surface area (Å²) in [6.07, 6.45) is -1.97. The smallest absolute Gasteiger partial charge is 0.333 e. The lowest BCUT2D eigenvalue weighted by Gasteiger charge is -2.33. The van der Waals surface area contributed by atoms with Crippen molar-refractivity contribution in [1.82, 2.24) is 14.7 Å². The molecule has 0 N–H and O–H groups in total. The highest BCUT2D eigenvalue weighted by molar-refractivity contribution is 7.16. The fourth-order valence-corrected chi connectivity index (χ4v) is 5.25. The summed E-state index contributed by atoms with van der Waals surface area (Å²) in [5.74, 6) is -0.552. The molecule has 1 aromatic carbocycles. The van der Waals surface area contributed by atoms with Crippen LogP contribution >= 0.6 is 22.9 Å². The number of carbonyl (C=O) groups is 1. The average Bonchev–Trinajstić information content (AvgIpc) is 3.28. The molecule has 1 unspecified atom stereocenters. The van der Waals surface area contributed by atoms with Crippen molar-refractivity contribution >= 4 is 28.8 Å². The van der Waals surface area contributed by atoms with E-state index in [0.29, 0.717) is 28.6 Å². The van der Waals surface area contributed by atoms with Gasteiger partial charge >= 0.3 is 6.18 Å². The van der Waals surface area contributed by atoms with Gasteiger partial charge in [-0.2, -0.15) is 18.3 Å². The van der Waals surface area contributed by atoms with Crippen LogP contribution in [0.15, 0.2) is 49.2 Å². The van der Waals surface area contributed by atoms with Gasteiger partial charge in [0.25, 0.3) is 0 Å². The van der Waals surface area contributed by atoms with Crippen molar-refractivity contribution in [2.45, 2.75) is 18.6 Å². The van der Waals surface area contributed by atoms with Crippen LogP contribution in [0.4, 0.5) is 13.2 Å². The van der Waals surface area contributed by atoms with Crippen molar-refractivity contribution in [3.8, 4) is 11.1 Å². The molecule has 0 saturated heterocycles. The van der Waals surface area contributed by atoms with Crippen LogP contribution in [0.2, 0.25) is 4.34 Å². The molecule has 4 nitrogen and oxygen atoms in total. The van der Waals surface area contributed by atoms with Gasteiger partial charge in [-0.25, -0.2) is 0 Å². The third-order valence-corrected chi connectivity index (χ3v) is 6.40. The van der Waals surface area contributed by atoms with Crippen LogP contribution in [0.3, 0.4) is 0 Å². The Morgan fingerprint density at radius 3 is 2.73 bits per heavy atom. The van der Waals surface area contributed by atoms with E-state index >= 15 is 0 Å². The lowest BCUT2D eigenvalue weighted by molar-refractivity contribution is -0.141. The molecule has 1 aliphatic rings. The van der Waals surface area contributed by atoms with E-state index in [2.05, 4.69) is 11.7 Å². The first-order valence-electron chi connectivity index (χ1n) is 9.08. The first-order chi connectivity index (χ1) is 14.2. The minimum atomic E-state index is -4.59. The van der Waals surface area contributed by atoms with Gasteiger partial charge in [-0.05, 0) is 28.8 Å².